The highest BCUT2D eigenvalue weighted by atomic mass is 16.5. The van der Waals surface area contributed by atoms with E-state index in [-0.39, 0.29) is 18.6 Å². The maximum atomic E-state index is 13.0. The number of ether oxygens (including phenoxy) is 3. The number of alkyl carbamates (subject to hydrolysis) is 1. The topological polar surface area (TPSA) is 123 Å². The van der Waals surface area contributed by atoms with Crippen LogP contribution in [0.4, 0.5) is 4.79 Å². The van der Waals surface area contributed by atoms with Crippen LogP contribution in [0.5, 0.6) is 5.75 Å². The predicted molar refractivity (Wildman–Crippen MR) is 130 cm³/mol. The number of aliphatic hydroxyl groups is 1. The Morgan fingerprint density at radius 2 is 1.57 bits per heavy atom. The smallest absolute Gasteiger partial charge is 0.408 e. The minimum absolute atomic E-state index is 0.0261. The van der Waals surface area contributed by atoms with Crippen molar-refractivity contribution < 1.29 is 33.7 Å². The van der Waals surface area contributed by atoms with Crippen LogP contribution in [0.15, 0.2) is 54.6 Å². The summed E-state index contributed by atoms with van der Waals surface area (Å²) in [6.45, 7) is 7.19. The molecule has 0 bridgehead atoms. The van der Waals surface area contributed by atoms with E-state index >= 15 is 0 Å². The second kappa shape index (κ2) is 12.8. The molecule has 3 atom stereocenters. The summed E-state index contributed by atoms with van der Waals surface area (Å²) in [6, 6.07) is 13.8. The number of carbonyl (C=O) groups is 3. The number of methoxy groups -OCH3 is 1. The quantitative estimate of drug-likeness (QED) is 0.441. The molecule has 0 aliphatic heterocycles. The summed E-state index contributed by atoms with van der Waals surface area (Å²) in [6.07, 6.45) is -1.89. The zero-order valence-corrected chi connectivity index (χ0v) is 20.7. The number of carbonyl (C=O) groups excluding carboxylic acids is 3. The first-order chi connectivity index (χ1) is 16.5. The SMILES string of the molecule is COC(=O)[C@H](NC(=O)[C@@H](Cc1ccc(OC(C)(C)C)cc1)NC(=O)OCc1ccccc1)[C@@H](C)O. The standard InChI is InChI=1S/C26H34N2O7/c1-17(29)22(24(31)33-5)28-23(30)21(27-25(32)34-16-19-9-7-6-8-10-19)15-18-11-13-20(14-12-18)35-26(2,3)4/h6-14,17,21-22,29H,15-16H2,1-5H3,(H,27,32)(H,28,30)/t17-,21-,22-/m1/s1. The van der Waals surface area contributed by atoms with Gasteiger partial charge in [0.15, 0.2) is 6.04 Å². The van der Waals surface area contributed by atoms with Gasteiger partial charge < -0.3 is 30.0 Å². The molecule has 2 amide bonds. The van der Waals surface area contributed by atoms with Gasteiger partial charge in [-0.2, -0.15) is 0 Å². The van der Waals surface area contributed by atoms with Crippen LogP contribution in [-0.4, -0.2) is 54.0 Å². The summed E-state index contributed by atoms with van der Waals surface area (Å²) in [4.78, 5) is 37.5. The highest BCUT2D eigenvalue weighted by Gasteiger charge is 2.31. The molecule has 2 rings (SSSR count). The second-order valence-electron chi connectivity index (χ2n) is 9.07. The molecule has 0 heterocycles. The van der Waals surface area contributed by atoms with E-state index in [4.69, 9.17) is 9.47 Å². The molecule has 3 N–H and O–H groups in total. The lowest BCUT2D eigenvalue weighted by Crippen LogP contribution is -2.55. The average molecular weight is 487 g/mol. The summed E-state index contributed by atoms with van der Waals surface area (Å²) in [5.74, 6) is -0.812. The van der Waals surface area contributed by atoms with Crippen molar-refractivity contribution in [1.29, 1.82) is 0 Å². The van der Waals surface area contributed by atoms with Gasteiger partial charge in [0, 0.05) is 6.42 Å². The molecule has 0 saturated carbocycles. The Labute approximate surface area is 205 Å². The lowest BCUT2D eigenvalue weighted by Gasteiger charge is -2.24. The summed E-state index contributed by atoms with van der Waals surface area (Å²) >= 11 is 0. The number of rotatable bonds is 10. The van der Waals surface area contributed by atoms with Crippen molar-refractivity contribution in [3.05, 3.63) is 65.7 Å². The first-order valence-electron chi connectivity index (χ1n) is 11.3. The summed E-state index contributed by atoms with van der Waals surface area (Å²) in [5.41, 5.74) is 1.16. The highest BCUT2D eigenvalue weighted by Crippen LogP contribution is 2.19. The minimum Gasteiger partial charge on any atom is -0.488 e. The second-order valence-corrected chi connectivity index (χ2v) is 9.07. The van der Waals surface area contributed by atoms with Crippen LogP contribution in [-0.2, 0) is 32.1 Å². The molecular weight excluding hydrogens is 452 g/mol. The van der Waals surface area contributed by atoms with E-state index in [1.165, 1.54) is 6.92 Å². The first-order valence-corrected chi connectivity index (χ1v) is 11.3. The van der Waals surface area contributed by atoms with Crippen LogP contribution in [0.2, 0.25) is 0 Å². The summed E-state index contributed by atoms with van der Waals surface area (Å²) in [5, 5.41) is 14.9. The molecule has 2 aromatic carbocycles. The Morgan fingerprint density at radius 1 is 0.943 bits per heavy atom. The lowest BCUT2D eigenvalue weighted by atomic mass is 10.0. The number of esters is 1. The normalized spacial score (nSPS) is 13.7. The van der Waals surface area contributed by atoms with E-state index in [9.17, 15) is 19.5 Å². The van der Waals surface area contributed by atoms with Crippen molar-refractivity contribution in [3.63, 3.8) is 0 Å². The van der Waals surface area contributed by atoms with E-state index in [0.29, 0.717) is 5.75 Å². The molecule has 0 fully saturated rings. The molecule has 35 heavy (non-hydrogen) atoms. The number of amides is 2. The predicted octanol–water partition coefficient (Wildman–Crippen LogP) is 2.74. The lowest BCUT2D eigenvalue weighted by molar-refractivity contribution is -0.148. The van der Waals surface area contributed by atoms with E-state index in [1.807, 2.05) is 51.1 Å². The molecule has 190 valence electrons. The third kappa shape index (κ3) is 9.66. The van der Waals surface area contributed by atoms with Gasteiger partial charge in [-0.1, -0.05) is 42.5 Å². The maximum absolute atomic E-state index is 13.0. The van der Waals surface area contributed by atoms with Gasteiger partial charge >= 0.3 is 12.1 Å². The largest absolute Gasteiger partial charge is 0.488 e. The van der Waals surface area contributed by atoms with Crippen LogP contribution < -0.4 is 15.4 Å². The molecule has 0 aromatic heterocycles. The van der Waals surface area contributed by atoms with E-state index in [1.54, 1.807) is 24.3 Å². The molecule has 9 nitrogen and oxygen atoms in total. The van der Waals surface area contributed by atoms with Crippen LogP contribution in [0.1, 0.15) is 38.8 Å². The van der Waals surface area contributed by atoms with Crippen molar-refractivity contribution >= 4 is 18.0 Å². The molecule has 0 saturated heterocycles. The van der Waals surface area contributed by atoms with Gasteiger partial charge in [-0.25, -0.2) is 9.59 Å². The molecule has 0 aliphatic rings. The summed E-state index contributed by atoms with van der Waals surface area (Å²) < 4.78 is 15.7. The van der Waals surface area contributed by atoms with Crippen molar-refractivity contribution in [2.45, 2.75) is 64.5 Å². The van der Waals surface area contributed by atoms with E-state index in [2.05, 4.69) is 15.4 Å². The van der Waals surface area contributed by atoms with Crippen molar-refractivity contribution in [2.24, 2.45) is 0 Å². The Hall–Kier alpha value is -3.59. The number of aliphatic hydroxyl groups excluding tert-OH is 1. The zero-order chi connectivity index (χ0) is 26.0. The zero-order valence-electron chi connectivity index (χ0n) is 20.7. The Morgan fingerprint density at radius 3 is 2.11 bits per heavy atom. The van der Waals surface area contributed by atoms with Gasteiger partial charge in [0.05, 0.1) is 13.2 Å². The van der Waals surface area contributed by atoms with Crippen LogP contribution >= 0.6 is 0 Å². The molecule has 9 heteroatoms. The highest BCUT2D eigenvalue weighted by molar-refractivity contribution is 5.90. The van der Waals surface area contributed by atoms with Crippen LogP contribution in [0.3, 0.4) is 0 Å². The van der Waals surface area contributed by atoms with Crippen LogP contribution in [0.25, 0.3) is 0 Å². The van der Waals surface area contributed by atoms with Crippen molar-refractivity contribution in [2.75, 3.05) is 7.11 Å². The fourth-order valence-electron chi connectivity index (χ4n) is 3.16. The Bertz CT molecular complexity index is 969. The molecular formula is C26H34N2O7. The van der Waals surface area contributed by atoms with Gasteiger partial charge in [0.1, 0.15) is 24.0 Å². The van der Waals surface area contributed by atoms with Gasteiger partial charge in [-0.05, 0) is 51.0 Å². The van der Waals surface area contributed by atoms with Crippen molar-refractivity contribution in [3.8, 4) is 5.75 Å². The Kier molecular flexibility index (Phi) is 10.1. The first kappa shape index (κ1) is 27.7. The minimum atomic E-state index is -1.29. The van der Waals surface area contributed by atoms with Gasteiger partial charge in [-0.3, -0.25) is 4.79 Å². The van der Waals surface area contributed by atoms with Gasteiger partial charge in [-0.15, -0.1) is 0 Å². The fourth-order valence-corrected chi connectivity index (χ4v) is 3.16. The van der Waals surface area contributed by atoms with E-state index < -0.39 is 36.2 Å². The van der Waals surface area contributed by atoms with E-state index in [0.717, 1.165) is 18.2 Å². The molecule has 0 aliphatic carbocycles. The molecule has 0 unspecified atom stereocenters. The molecule has 0 radical (unpaired) electrons. The molecule has 0 spiro atoms. The monoisotopic (exact) mass is 486 g/mol. The van der Waals surface area contributed by atoms with Gasteiger partial charge in [0.25, 0.3) is 0 Å². The maximum Gasteiger partial charge on any atom is 0.408 e. The summed E-state index contributed by atoms with van der Waals surface area (Å²) in [7, 11) is 1.15. The van der Waals surface area contributed by atoms with Gasteiger partial charge in [0.2, 0.25) is 5.91 Å². The van der Waals surface area contributed by atoms with Crippen molar-refractivity contribution in [1.82, 2.24) is 10.6 Å². The van der Waals surface area contributed by atoms with Crippen LogP contribution in [0, 0.1) is 0 Å². The third-order valence-electron chi connectivity index (χ3n) is 4.84. The number of hydrogen-bond donors (Lipinski definition) is 3. The average Bonchev–Trinajstić information content (AvgIpc) is 2.81. The third-order valence-corrected chi connectivity index (χ3v) is 4.84. The number of nitrogens with one attached hydrogen (secondary N) is 2. The Balaban J connectivity index is 2.14. The number of benzene rings is 2. The number of hydrogen-bond acceptors (Lipinski definition) is 7. The fraction of sp³-hybridized carbons (Fsp3) is 0.423. The molecule has 2 aromatic rings.